The fourth-order valence-electron chi connectivity index (χ4n) is 5.23. The first-order chi connectivity index (χ1) is 16.1. The molecule has 5 rings (SSSR count). The van der Waals surface area contributed by atoms with Gasteiger partial charge in [0, 0.05) is 11.0 Å². The average molecular weight is 454 g/mol. The molecule has 0 aromatic heterocycles. The van der Waals surface area contributed by atoms with E-state index in [0.717, 1.165) is 11.1 Å². The number of hydrogen-bond donors (Lipinski definition) is 0. The van der Waals surface area contributed by atoms with E-state index in [4.69, 9.17) is 0 Å². The number of anilines is 2. The van der Waals surface area contributed by atoms with Gasteiger partial charge < -0.3 is 4.90 Å². The number of halogens is 2. The van der Waals surface area contributed by atoms with Gasteiger partial charge in [0.25, 0.3) is 0 Å². The van der Waals surface area contributed by atoms with Gasteiger partial charge in [-0.25, -0.2) is 8.78 Å². The van der Waals surface area contributed by atoms with E-state index < -0.39 is 5.54 Å². The minimum absolute atomic E-state index is 0.116. The maximum absolute atomic E-state index is 15.2. The van der Waals surface area contributed by atoms with Crippen LogP contribution in [-0.4, -0.2) is 5.54 Å². The van der Waals surface area contributed by atoms with Gasteiger partial charge in [-0.2, -0.15) is 0 Å². The van der Waals surface area contributed by atoms with Crippen molar-refractivity contribution in [1.29, 1.82) is 0 Å². The highest BCUT2D eigenvalue weighted by molar-refractivity contribution is 5.84. The molecule has 3 heteroatoms. The summed E-state index contributed by atoms with van der Waals surface area (Å²) in [7, 11) is 0. The van der Waals surface area contributed by atoms with Gasteiger partial charge in [-0.3, -0.25) is 0 Å². The Bertz CT molecular complexity index is 1390. The molecular formula is C31H29F2N. The van der Waals surface area contributed by atoms with E-state index in [1.54, 1.807) is 29.2 Å². The quantitative estimate of drug-likeness (QED) is 0.299. The highest BCUT2D eigenvalue weighted by Crippen LogP contribution is 2.49. The van der Waals surface area contributed by atoms with Crippen LogP contribution in [0, 0.1) is 11.6 Å². The van der Waals surface area contributed by atoms with Gasteiger partial charge in [0.1, 0.15) is 11.6 Å². The molecule has 34 heavy (non-hydrogen) atoms. The monoisotopic (exact) mass is 453 g/mol. The third kappa shape index (κ3) is 3.51. The molecule has 0 heterocycles. The van der Waals surface area contributed by atoms with Gasteiger partial charge in [0.2, 0.25) is 0 Å². The lowest BCUT2D eigenvalue weighted by Crippen LogP contribution is -2.38. The van der Waals surface area contributed by atoms with Gasteiger partial charge in [0.05, 0.1) is 11.4 Å². The summed E-state index contributed by atoms with van der Waals surface area (Å²) in [5.74, 6) is -0.755. The maximum atomic E-state index is 15.2. The number of nitrogens with zero attached hydrogens (tertiary/aromatic N) is 1. The SMILES string of the molecule is CC1(C)c2ccccc2-c2ccc(-c3ccc(F)c(N(c4ccccc4F)C(C)(C)C)c3)cc21. The lowest BCUT2D eigenvalue weighted by molar-refractivity contribution is 0.527. The summed E-state index contributed by atoms with van der Waals surface area (Å²) >= 11 is 0. The van der Waals surface area contributed by atoms with Gasteiger partial charge in [-0.15, -0.1) is 0 Å². The molecule has 0 unspecified atom stereocenters. The Morgan fingerprint density at radius 2 is 1.21 bits per heavy atom. The molecule has 0 bridgehead atoms. The molecule has 4 aromatic carbocycles. The zero-order valence-corrected chi connectivity index (χ0v) is 20.3. The average Bonchev–Trinajstić information content (AvgIpc) is 3.02. The normalized spacial score (nSPS) is 14.0. The second-order valence-electron chi connectivity index (χ2n) is 10.6. The van der Waals surface area contributed by atoms with Crippen LogP contribution in [-0.2, 0) is 5.41 Å². The molecule has 1 nitrogen and oxygen atoms in total. The molecule has 0 N–H and O–H groups in total. The van der Waals surface area contributed by atoms with Gasteiger partial charge in [0.15, 0.2) is 0 Å². The smallest absolute Gasteiger partial charge is 0.146 e. The predicted molar refractivity (Wildman–Crippen MR) is 138 cm³/mol. The fourth-order valence-corrected chi connectivity index (χ4v) is 5.23. The standard InChI is InChI=1S/C31H29F2N/c1-30(2,3)34(28-13-9-8-12-26(28)32)29-19-21(15-17-27(29)33)20-14-16-23-22-10-6-7-11-24(22)31(4,5)25(23)18-20/h6-19H,1-5H3. The largest absolute Gasteiger partial charge is 0.331 e. The first-order valence-electron chi connectivity index (χ1n) is 11.7. The zero-order valence-electron chi connectivity index (χ0n) is 20.3. The minimum Gasteiger partial charge on any atom is -0.331 e. The van der Waals surface area contributed by atoms with Crippen molar-refractivity contribution in [3.63, 3.8) is 0 Å². The van der Waals surface area contributed by atoms with E-state index in [0.29, 0.717) is 11.4 Å². The van der Waals surface area contributed by atoms with Crippen LogP contribution in [0.15, 0.2) is 84.9 Å². The Kier molecular flexibility index (Phi) is 5.12. The van der Waals surface area contributed by atoms with E-state index in [9.17, 15) is 4.39 Å². The van der Waals surface area contributed by atoms with Crippen LogP contribution in [0.5, 0.6) is 0 Å². The lowest BCUT2D eigenvalue weighted by Gasteiger charge is -2.38. The molecule has 0 atom stereocenters. The van der Waals surface area contributed by atoms with Crippen LogP contribution in [0.4, 0.5) is 20.2 Å². The van der Waals surface area contributed by atoms with Crippen molar-refractivity contribution >= 4 is 11.4 Å². The summed E-state index contributed by atoms with van der Waals surface area (Å²) in [6.45, 7) is 10.4. The van der Waals surface area contributed by atoms with Crippen LogP contribution >= 0.6 is 0 Å². The second kappa shape index (κ2) is 7.80. The molecule has 1 aliphatic carbocycles. The summed E-state index contributed by atoms with van der Waals surface area (Å²) in [6, 6.07) is 26.7. The van der Waals surface area contributed by atoms with Crippen molar-refractivity contribution in [2.45, 2.75) is 45.6 Å². The first-order valence-corrected chi connectivity index (χ1v) is 11.7. The van der Waals surface area contributed by atoms with Crippen molar-refractivity contribution in [2.75, 3.05) is 4.90 Å². The number of para-hydroxylation sites is 1. The Morgan fingerprint density at radius 3 is 1.94 bits per heavy atom. The van der Waals surface area contributed by atoms with Crippen LogP contribution in [0.2, 0.25) is 0 Å². The Balaban J connectivity index is 1.65. The number of hydrogen-bond acceptors (Lipinski definition) is 1. The Labute approximate surface area is 200 Å². The van der Waals surface area contributed by atoms with Gasteiger partial charge in [-0.05, 0) is 84.5 Å². The van der Waals surface area contributed by atoms with E-state index in [1.807, 2.05) is 26.8 Å². The lowest BCUT2D eigenvalue weighted by atomic mass is 9.81. The highest BCUT2D eigenvalue weighted by atomic mass is 19.1. The third-order valence-electron chi connectivity index (χ3n) is 6.87. The minimum atomic E-state index is -0.538. The predicted octanol–water partition coefficient (Wildman–Crippen LogP) is 8.87. The summed E-state index contributed by atoms with van der Waals surface area (Å²) in [6.07, 6.45) is 0. The van der Waals surface area contributed by atoms with Crippen LogP contribution in [0.1, 0.15) is 45.7 Å². The van der Waals surface area contributed by atoms with E-state index in [1.165, 1.54) is 34.4 Å². The zero-order chi connectivity index (χ0) is 24.3. The molecule has 0 fully saturated rings. The molecular weight excluding hydrogens is 424 g/mol. The topological polar surface area (TPSA) is 3.24 Å². The third-order valence-corrected chi connectivity index (χ3v) is 6.87. The summed E-state index contributed by atoms with van der Waals surface area (Å²) in [5, 5.41) is 0. The number of fused-ring (bicyclic) bond motifs is 3. The Morgan fingerprint density at radius 1 is 0.618 bits per heavy atom. The van der Waals surface area contributed by atoms with Crippen molar-refractivity contribution in [3.8, 4) is 22.3 Å². The van der Waals surface area contributed by atoms with Crippen molar-refractivity contribution in [1.82, 2.24) is 0 Å². The number of benzene rings is 4. The van der Waals surface area contributed by atoms with Crippen molar-refractivity contribution in [3.05, 3.63) is 108 Å². The summed E-state index contributed by atoms with van der Waals surface area (Å²) in [5.41, 5.74) is 7.08. The van der Waals surface area contributed by atoms with Crippen molar-refractivity contribution in [2.24, 2.45) is 0 Å². The summed E-state index contributed by atoms with van der Waals surface area (Å²) in [4.78, 5) is 1.74. The molecule has 0 radical (unpaired) electrons. The molecule has 0 spiro atoms. The highest BCUT2D eigenvalue weighted by Gasteiger charge is 2.35. The van der Waals surface area contributed by atoms with E-state index in [2.05, 4.69) is 56.3 Å². The van der Waals surface area contributed by atoms with Crippen LogP contribution in [0.3, 0.4) is 0 Å². The molecule has 0 aliphatic heterocycles. The molecule has 0 amide bonds. The van der Waals surface area contributed by atoms with Crippen LogP contribution < -0.4 is 4.90 Å². The molecule has 4 aromatic rings. The molecule has 0 saturated carbocycles. The first kappa shape index (κ1) is 22.3. The van der Waals surface area contributed by atoms with E-state index >= 15 is 4.39 Å². The van der Waals surface area contributed by atoms with Crippen molar-refractivity contribution < 1.29 is 8.78 Å². The second-order valence-corrected chi connectivity index (χ2v) is 10.6. The fraction of sp³-hybridized carbons (Fsp3) is 0.226. The maximum Gasteiger partial charge on any atom is 0.146 e. The van der Waals surface area contributed by atoms with Gasteiger partial charge >= 0.3 is 0 Å². The van der Waals surface area contributed by atoms with Gasteiger partial charge in [-0.1, -0.05) is 68.4 Å². The molecule has 0 saturated heterocycles. The number of rotatable bonds is 3. The molecule has 1 aliphatic rings. The summed E-state index contributed by atoms with van der Waals surface area (Å²) < 4.78 is 30.1. The molecule has 172 valence electrons. The van der Waals surface area contributed by atoms with E-state index in [-0.39, 0.29) is 17.0 Å². The Hall–Kier alpha value is -3.46. The van der Waals surface area contributed by atoms with Crippen LogP contribution in [0.25, 0.3) is 22.3 Å².